The number of ether oxygens (including phenoxy) is 1. The Bertz CT molecular complexity index is 395. The van der Waals surface area contributed by atoms with Crippen LogP contribution in [0.2, 0.25) is 0 Å². The summed E-state index contributed by atoms with van der Waals surface area (Å²) >= 11 is 0. The molecule has 0 amide bonds. The molecule has 1 rings (SSSR count). The minimum absolute atomic E-state index is 0.0171. The lowest BCUT2D eigenvalue weighted by Gasteiger charge is -2.08. The smallest absolute Gasteiger partial charge is 0.218 e. The zero-order chi connectivity index (χ0) is 12.8. The van der Waals surface area contributed by atoms with Crippen LogP contribution in [0, 0.1) is 0 Å². The number of hydrogen-bond donors (Lipinski definition) is 1. The van der Waals surface area contributed by atoms with Gasteiger partial charge in [-0.3, -0.25) is 0 Å². The van der Waals surface area contributed by atoms with Crippen LogP contribution in [0.5, 0.6) is 0 Å². The average Bonchev–Trinajstić information content (AvgIpc) is 2.76. The Labute approximate surface area is 102 Å². The van der Waals surface area contributed by atoms with Crippen LogP contribution in [-0.4, -0.2) is 23.3 Å². The molecule has 4 nitrogen and oxygen atoms in total. The van der Waals surface area contributed by atoms with Crippen LogP contribution in [0.1, 0.15) is 38.0 Å². The first-order chi connectivity index (χ1) is 8.08. The van der Waals surface area contributed by atoms with E-state index in [1.807, 2.05) is 13.8 Å². The number of hydrogen-bond acceptors (Lipinski definition) is 4. The average molecular weight is 237 g/mol. The topological polar surface area (TPSA) is 55.5 Å². The van der Waals surface area contributed by atoms with Crippen LogP contribution in [0.15, 0.2) is 28.9 Å². The number of aliphatic hydroxyl groups is 1. The highest BCUT2D eigenvalue weighted by molar-refractivity contribution is 5.44. The summed E-state index contributed by atoms with van der Waals surface area (Å²) in [6.07, 6.45) is 4.74. The van der Waals surface area contributed by atoms with Crippen molar-refractivity contribution in [2.45, 2.75) is 32.5 Å². The van der Waals surface area contributed by atoms with Crippen molar-refractivity contribution in [1.82, 2.24) is 4.98 Å². The van der Waals surface area contributed by atoms with Gasteiger partial charge in [0.25, 0.3) is 0 Å². The second-order valence-electron chi connectivity index (χ2n) is 3.92. The molecular formula is C13H19NO3. The van der Waals surface area contributed by atoms with Crippen molar-refractivity contribution in [1.29, 1.82) is 0 Å². The van der Waals surface area contributed by atoms with Gasteiger partial charge in [0.15, 0.2) is 0 Å². The van der Waals surface area contributed by atoms with Gasteiger partial charge in [0.2, 0.25) is 5.89 Å². The number of nitrogens with zero attached hydrogens (tertiary/aromatic N) is 1. The van der Waals surface area contributed by atoms with Crippen molar-refractivity contribution < 1.29 is 14.3 Å². The van der Waals surface area contributed by atoms with Gasteiger partial charge in [-0.05, 0) is 25.8 Å². The third-order valence-electron chi connectivity index (χ3n) is 2.62. The molecule has 17 heavy (non-hydrogen) atoms. The Kier molecular flexibility index (Phi) is 5.12. The van der Waals surface area contributed by atoms with Crippen LogP contribution in [0.4, 0.5) is 0 Å². The molecule has 0 aliphatic carbocycles. The van der Waals surface area contributed by atoms with Gasteiger partial charge in [0.1, 0.15) is 18.1 Å². The maximum Gasteiger partial charge on any atom is 0.218 e. The largest absolute Gasteiger partial charge is 0.445 e. The monoisotopic (exact) mass is 237 g/mol. The highest BCUT2D eigenvalue weighted by Gasteiger charge is 2.11. The number of rotatable bonds is 6. The number of aromatic nitrogens is 1. The lowest BCUT2D eigenvalue weighted by Crippen LogP contribution is -2.05. The third kappa shape index (κ3) is 3.84. The van der Waals surface area contributed by atoms with E-state index >= 15 is 0 Å². The second kappa shape index (κ2) is 6.37. The Morgan fingerprint density at radius 1 is 1.71 bits per heavy atom. The molecule has 0 unspecified atom stereocenters. The molecule has 1 heterocycles. The van der Waals surface area contributed by atoms with Crippen LogP contribution in [0.25, 0.3) is 6.08 Å². The first-order valence-corrected chi connectivity index (χ1v) is 5.53. The van der Waals surface area contributed by atoms with Crippen molar-refractivity contribution in [2.75, 3.05) is 7.11 Å². The predicted octanol–water partition coefficient (Wildman–Crippen LogP) is 2.72. The predicted molar refractivity (Wildman–Crippen MR) is 66.4 cm³/mol. The van der Waals surface area contributed by atoms with E-state index in [-0.39, 0.29) is 6.10 Å². The molecule has 4 heteroatoms. The fourth-order valence-corrected chi connectivity index (χ4v) is 1.30. The van der Waals surface area contributed by atoms with Crippen molar-refractivity contribution in [3.05, 3.63) is 36.1 Å². The maximum atomic E-state index is 9.68. The van der Waals surface area contributed by atoms with E-state index in [2.05, 4.69) is 11.6 Å². The van der Waals surface area contributed by atoms with Crippen LogP contribution < -0.4 is 0 Å². The summed E-state index contributed by atoms with van der Waals surface area (Å²) in [5, 5.41) is 9.68. The van der Waals surface area contributed by atoms with Crippen molar-refractivity contribution in [3.8, 4) is 0 Å². The molecule has 1 aromatic rings. The highest BCUT2D eigenvalue weighted by Crippen LogP contribution is 2.18. The summed E-state index contributed by atoms with van der Waals surface area (Å²) < 4.78 is 10.4. The molecule has 94 valence electrons. The molecule has 1 N–H and O–H groups in total. The molecule has 0 saturated carbocycles. The zero-order valence-electron chi connectivity index (χ0n) is 10.5. The Morgan fingerprint density at radius 3 is 3.00 bits per heavy atom. The van der Waals surface area contributed by atoms with Gasteiger partial charge in [-0.25, -0.2) is 4.98 Å². The zero-order valence-corrected chi connectivity index (χ0v) is 10.5. The summed E-state index contributed by atoms with van der Waals surface area (Å²) in [7, 11) is 1.65. The maximum absolute atomic E-state index is 9.68. The molecule has 0 aliphatic heterocycles. The molecule has 2 atom stereocenters. The van der Waals surface area contributed by atoms with Crippen molar-refractivity contribution >= 4 is 6.08 Å². The number of oxazole rings is 1. The van der Waals surface area contributed by atoms with E-state index < -0.39 is 6.10 Å². The summed E-state index contributed by atoms with van der Waals surface area (Å²) in [6.45, 7) is 7.46. The van der Waals surface area contributed by atoms with E-state index in [9.17, 15) is 5.11 Å². The summed E-state index contributed by atoms with van der Waals surface area (Å²) in [5.41, 5.74) is 1.54. The quantitative estimate of drug-likeness (QED) is 0.773. The molecule has 0 saturated heterocycles. The highest BCUT2D eigenvalue weighted by atomic mass is 16.5. The van der Waals surface area contributed by atoms with Gasteiger partial charge in [-0.2, -0.15) is 0 Å². The number of methoxy groups -OCH3 is 1. The minimum atomic E-state index is -0.654. The summed E-state index contributed by atoms with van der Waals surface area (Å²) in [6, 6.07) is 0. The van der Waals surface area contributed by atoms with Gasteiger partial charge in [-0.1, -0.05) is 6.08 Å². The summed E-state index contributed by atoms with van der Waals surface area (Å²) in [4.78, 5) is 4.19. The number of aliphatic hydroxyl groups excluding tert-OH is 1. The van der Waals surface area contributed by atoms with Crippen LogP contribution in [-0.2, 0) is 4.74 Å². The fraction of sp³-hybridized carbons (Fsp3) is 0.462. The Morgan fingerprint density at radius 2 is 2.41 bits per heavy atom. The molecular weight excluding hydrogens is 218 g/mol. The van der Waals surface area contributed by atoms with Crippen molar-refractivity contribution in [2.24, 2.45) is 0 Å². The van der Waals surface area contributed by atoms with E-state index in [1.165, 1.54) is 6.26 Å². The SMILES string of the molecule is C=CC[C@H](O)c1coc(/C=C(/C)[C@@H](C)OC)n1. The third-order valence-corrected chi connectivity index (χ3v) is 2.62. The van der Waals surface area contributed by atoms with Gasteiger partial charge >= 0.3 is 0 Å². The van der Waals surface area contributed by atoms with E-state index in [1.54, 1.807) is 19.3 Å². The summed E-state index contributed by atoms with van der Waals surface area (Å²) in [5.74, 6) is 0.476. The van der Waals surface area contributed by atoms with E-state index in [0.29, 0.717) is 18.0 Å². The van der Waals surface area contributed by atoms with E-state index in [4.69, 9.17) is 9.15 Å². The normalized spacial score (nSPS) is 15.6. The standard InChI is InChI=1S/C13H19NO3/c1-5-6-12(15)11-8-17-13(14-11)7-9(2)10(3)16-4/h5,7-8,10,12,15H,1,6H2,2-4H3/b9-7-/t10-,12+/m1/s1. The Hall–Kier alpha value is -1.39. The molecule has 0 spiro atoms. The van der Waals surface area contributed by atoms with Gasteiger partial charge in [0, 0.05) is 13.2 Å². The lowest BCUT2D eigenvalue weighted by molar-refractivity contribution is 0.147. The van der Waals surface area contributed by atoms with Crippen LogP contribution in [0.3, 0.4) is 0 Å². The van der Waals surface area contributed by atoms with Gasteiger partial charge in [-0.15, -0.1) is 6.58 Å². The Balaban J connectivity index is 2.77. The van der Waals surface area contributed by atoms with E-state index in [0.717, 1.165) is 5.57 Å². The molecule has 0 aromatic carbocycles. The van der Waals surface area contributed by atoms with Crippen molar-refractivity contribution in [3.63, 3.8) is 0 Å². The fourth-order valence-electron chi connectivity index (χ4n) is 1.30. The van der Waals surface area contributed by atoms with Gasteiger partial charge < -0.3 is 14.3 Å². The molecule has 0 aliphatic rings. The molecule has 0 fully saturated rings. The first-order valence-electron chi connectivity index (χ1n) is 5.53. The molecule has 0 bridgehead atoms. The van der Waals surface area contributed by atoms with Crippen LogP contribution >= 0.6 is 0 Å². The second-order valence-corrected chi connectivity index (χ2v) is 3.92. The lowest BCUT2D eigenvalue weighted by atomic mass is 10.2. The first kappa shape index (κ1) is 13.7. The minimum Gasteiger partial charge on any atom is -0.445 e. The van der Waals surface area contributed by atoms with Gasteiger partial charge in [0.05, 0.1) is 6.10 Å². The molecule has 0 radical (unpaired) electrons. The molecule has 1 aromatic heterocycles.